The topological polar surface area (TPSA) is 66.4 Å². The molecule has 20 heavy (non-hydrogen) atoms. The van der Waals surface area contributed by atoms with Gasteiger partial charge in [0.1, 0.15) is 0 Å². The summed E-state index contributed by atoms with van der Waals surface area (Å²) in [5.41, 5.74) is 1.23. The number of fused-ring (bicyclic) bond motifs is 1. The molecule has 106 valence electrons. The van der Waals surface area contributed by atoms with E-state index in [9.17, 15) is 9.59 Å². The monoisotopic (exact) mass is 291 g/mol. The number of aliphatic carboxylic acids is 1. The van der Waals surface area contributed by atoms with Crippen LogP contribution in [-0.4, -0.2) is 28.3 Å². The molecule has 1 aliphatic carbocycles. The van der Waals surface area contributed by atoms with E-state index in [0.717, 1.165) is 12.8 Å². The maximum Gasteiger partial charge on any atom is 0.306 e. The van der Waals surface area contributed by atoms with Gasteiger partial charge in [-0.2, -0.15) is 0 Å². The van der Waals surface area contributed by atoms with Crippen LogP contribution >= 0.6 is 11.8 Å². The summed E-state index contributed by atoms with van der Waals surface area (Å²) in [5.74, 6) is -1.000. The third-order valence-electron chi connectivity index (χ3n) is 4.07. The number of carbonyl (C=O) groups excluding carboxylic acids is 1. The zero-order chi connectivity index (χ0) is 14.1. The molecule has 2 N–H and O–H groups in total. The Morgan fingerprint density at radius 2 is 2.05 bits per heavy atom. The zero-order valence-electron chi connectivity index (χ0n) is 11.0. The molecule has 3 unspecified atom stereocenters. The molecular weight excluding hydrogens is 274 g/mol. The summed E-state index contributed by atoms with van der Waals surface area (Å²) in [6.45, 7) is 0. The first-order valence-electron chi connectivity index (χ1n) is 6.91. The maximum absolute atomic E-state index is 12.3. The average molecular weight is 291 g/mol. The molecule has 3 rings (SSSR count). The number of thioether (sulfide) groups is 1. The fourth-order valence-corrected chi connectivity index (χ4v) is 4.16. The summed E-state index contributed by atoms with van der Waals surface area (Å²) in [6.07, 6.45) is 2.76. The van der Waals surface area contributed by atoms with Gasteiger partial charge in [-0.15, -0.1) is 11.8 Å². The molecule has 2 aliphatic rings. The van der Waals surface area contributed by atoms with Crippen LogP contribution in [0.25, 0.3) is 0 Å². The molecule has 0 aromatic heterocycles. The standard InChI is InChI=1S/C15H17NO3S/c17-14(16-11-6-5-10(7-11)15(18)19)13-8-9-3-1-2-4-12(9)20-13/h1-4,10-11,13H,5-8H2,(H,16,17)(H,18,19). The van der Waals surface area contributed by atoms with E-state index >= 15 is 0 Å². The number of benzene rings is 1. The van der Waals surface area contributed by atoms with E-state index in [4.69, 9.17) is 5.11 Å². The van der Waals surface area contributed by atoms with Gasteiger partial charge in [0.05, 0.1) is 11.2 Å². The second kappa shape index (κ2) is 5.48. The van der Waals surface area contributed by atoms with E-state index in [0.29, 0.717) is 12.8 Å². The molecule has 1 amide bonds. The number of carboxylic acids is 1. The molecule has 3 atom stereocenters. The summed E-state index contributed by atoms with van der Waals surface area (Å²) in [7, 11) is 0. The lowest BCUT2D eigenvalue weighted by Crippen LogP contribution is -2.39. The van der Waals surface area contributed by atoms with E-state index in [1.54, 1.807) is 11.8 Å². The van der Waals surface area contributed by atoms with Crippen molar-refractivity contribution in [1.29, 1.82) is 0 Å². The first kappa shape index (κ1) is 13.5. The molecule has 5 heteroatoms. The quantitative estimate of drug-likeness (QED) is 0.894. The van der Waals surface area contributed by atoms with Gasteiger partial charge in [-0.1, -0.05) is 18.2 Å². The molecule has 1 aromatic carbocycles. The van der Waals surface area contributed by atoms with Crippen LogP contribution in [-0.2, 0) is 16.0 Å². The van der Waals surface area contributed by atoms with Crippen LogP contribution in [0.15, 0.2) is 29.2 Å². The van der Waals surface area contributed by atoms with Crippen molar-refractivity contribution >= 4 is 23.6 Å². The predicted octanol–water partition coefficient (Wildman–Crippen LogP) is 2.07. The summed E-state index contributed by atoms with van der Waals surface area (Å²) in [4.78, 5) is 24.4. The van der Waals surface area contributed by atoms with Gasteiger partial charge in [0.25, 0.3) is 0 Å². The Kier molecular flexibility index (Phi) is 3.70. The molecule has 4 nitrogen and oxygen atoms in total. The van der Waals surface area contributed by atoms with E-state index in [-0.39, 0.29) is 23.1 Å². The van der Waals surface area contributed by atoms with Crippen LogP contribution in [0.4, 0.5) is 0 Å². The number of hydrogen-bond donors (Lipinski definition) is 2. The van der Waals surface area contributed by atoms with Crippen molar-refractivity contribution in [2.75, 3.05) is 0 Å². The lowest BCUT2D eigenvalue weighted by molar-refractivity contribution is -0.141. The van der Waals surface area contributed by atoms with Crippen LogP contribution < -0.4 is 5.32 Å². The fourth-order valence-electron chi connectivity index (χ4n) is 2.96. The highest BCUT2D eigenvalue weighted by Crippen LogP contribution is 2.37. The number of carboxylic acid groups (broad SMARTS) is 1. The Labute approximate surface area is 121 Å². The lowest BCUT2D eigenvalue weighted by atomic mass is 10.1. The van der Waals surface area contributed by atoms with Gasteiger partial charge in [-0.25, -0.2) is 0 Å². The Morgan fingerprint density at radius 3 is 2.75 bits per heavy atom. The first-order valence-corrected chi connectivity index (χ1v) is 7.79. The Morgan fingerprint density at radius 1 is 1.25 bits per heavy atom. The van der Waals surface area contributed by atoms with E-state index in [1.807, 2.05) is 18.2 Å². The lowest BCUT2D eigenvalue weighted by Gasteiger charge is -2.15. The minimum Gasteiger partial charge on any atom is -0.481 e. The van der Waals surface area contributed by atoms with E-state index in [1.165, 1.54) is 10.5 Å². The van der Waals surface area contributed by atoms with E-state index < -0.39 is 5.97 Å². The Balaban J connectivity index is 1.56. The van der Waals surface area contributed by atoms with Gasteiger partial charge in [0, 0.05) is 10.9 Å². The molecular formula is C15H17NO3S. The minimum absolute atomic E-state index is 0.0212. The fraction of sp³-hybridized carbons (Fsp3) is 0.467. The number of amides is 1. The van der Waals surface area contributed by atoms with Crippen LogP contribution in [0.5, 0.6) is 0 Å². The third-order valence-corrected chi connectivity index (χ3v) is 5.39. The Hall–Kier alpha value is -1.49. The second-order valence-corrected chi connectivity index (χ2v) is 6.72. The highest BCUT2D eigenvalue weighted by molar-refractivity contribution is 8.01. The zero-order valence-corrected chi connectivity index (χ0v) is 11.9. The molecule has 0 spiro atoms. The van der Waals surface area contributed by atoms with Crippen LogP contribution in [0.3, 0.4) is 0 Å². The van der Waals surface area contributed by atoms with Crippen molar-refractivity contribution in [2.24, 2.45) is 5.92 Å². The van der Waals surface area contributed by atoms with Crippen molar-refractivity contribution in [3.8, 4) is 0 Å². The van der Waals surface area contributed by atoms with Crippen molar-refractivity contribution in [2.45, 2.75) is 41.9 Å². The molecule has 0 saturated heterocycles. The van der Waals surface area contributed by atoms with Crippen molar-refractivity contribution in [3.63, 3.8) is 0 Å². The highest BCUT2D eigenvalue weighted by Gasteiger charge is 2.33. The van der Waals surface area contributed by atoms with Crippen molar-refractivity contribution in [1.82, 2.24) is 5.32 Å². The maximum atomic E-state index is 12.3. The van der Waals surface area contributed by atoms with Crippen molar-refractivity contribution < 1.29 is 14.7 Å². The van der Waals surface area contributed by atoms with Crippen LogP contribution in [0.2, 0.25) is 0 Å². The molecule has 0 radical (unpaired) electrons. The van der Waals surface area contributed by atoms with Gasteiger partial charge >= 0.3 is 5.97 Å². The van der Waals surface area contributed by atoms with E-state index in [2.05, 4.69) is 11.4 Å². The molecule has 1 fully saturated rings. The van der Waals surface area contributed by atoms with Gasteiger partial charge < -0.3 is 10.4 Å². The second-order valence-electron chi connectivity index (χ2n) is 5.47. The summed E-state index contributed by atoms with van der Waals surface area (Å²) in [5, 5.41) is 11.9. The average Bonchev–Trinajstić information content (AvgIpc) is 3.04. The minimum atomic E-state index is -0.746. The number of hydrogen-bond acceptors (Lipinski definition) is 3. The first-order chi connectivity index (χ1) is 9.63. The van der Waals surface area contributed by atoms with Gasteiger partial charge in [0.15, 0.2) is 0 Å². The number of rotatable bonds is 3. The summed E-state index contributed by atoms with van der Waals surface area (Å²) < 4.78 is 0. The predicted molar refractivity (Wildman–Crippen MR) is 76.7 cm³/mol. The summed E-state index contributed by atoms with van der Waals surface area (Å²) in [6, 6.07) is 8.11. The SMILES string of the molecule is O=C(O)C1CCC(NC(=O)C2Cc3ccccc3S2)C1. The number of nitrogens with one attached hydrogen (secondary N) is 1. The molecule has 1 saturated carbocycles. The van der Waals surface area contributed by atoms with Gasteiger partial charge in [0.2, 0.25) is 5.91 Å². The summed E-state index contributed by atoms with van der Waals surface area (Å²) >= 11 is 1.61. The van der Waals surface area contributed by atoms with Crippen molar-refractivity contribution in [3.05, 3.63) is 29.8 Å². The highest BCUT2D eigenvalue weighted by atomic mass is 32.2. The normalized spacial score (nSPS) is 28.1. The smallest absolute Gasteiger partial charge is 0.306 e. The molecule has 1 aromatic rings. The van der Waals surface area contributed by atoms with Crippen LogP contribution in [0.1, 0.15) is 24.8 Å². The number of carbonyl (C=O) groups is 2. The molecule has 1 aliphatic heterocycles. The van der Waals surface area contributed by atoms with Crippen LogP contribution in [0, 0.1) is 5.92 Å². The molecule has 1 heterocycles. The third kappa shape index (κ3) is 2.68. The molecule has 0 bridgehead atoms. The van der Waals surface area contributed by atoms with Gasteiger partial charge in [-0.3, -0.25) is 9.59 Å². The Bertz CT molecular complexity index is 521. The largest absolute Gasteiger partial charge is 0.481 e. The van der Waals surface area contributed by atoms with Gasteiger partial charge in [-0.05, 0) is 37.3 Å².